The number of nitrogens with zero attached hydrogens (tertiary/aromatic N) is 4. The number of hydrogen-bond donors (Lipinski definition) is 2. The molecule has 0 amide bonds. The van der Waals surface area contributed by atoms with Crippen molar-refractivity contribution in [3.8, 4) is 17.1 Å². The number of aliphatic hydroxyl groups excluding tert-OH is 1. The molecule has 1 aliphatic carbocycles. The van der Waals surface area contributed by atoms with E-state index in [1.165, 1.54) is 27.1 Å². The van der Waals surface area contributed by atoms with Crippen LogP contribution in [0.25, 0.3) is 11.4 Å². The smallest absolute Gasteiger partial charge is 0.204 e. The van der Waals surface area contributed by atoms with Gasteiger partial charge in [0.25, 0.3) is 0 Å². The molecule has 0 bridgehead atoms. The summed E-state index contributed by atoms with van der Waals surface area (Å²) in [7, 11) is 0. The zero-order chi connectivity index (χ0) is 21.9. The fourth-order valence-corrected chi connectivity index (χ4v) is 4.78. The van der Waals surface area contributed by atoms with E-state index in [0.29, 0.717) is 30.5 Å². The summed E-state index contributed by atoms with van der Waals surface area (Å²) in [6, 6.07) is 24.9. The van der Waals surface area contributed by atoms with Gasteiger partial charge in [-0.25, -0.2) is 0 Å². The Bertz CT molecular complexity index is 1190. The summed E-state index contributed by atoms with van der Waals surface area (Å²) < 4.78 is 0. The van der Waals surface area contributed by atoms with Crippen molar-refractivity contribution >= 4 is 0 Å². The van der Waals surface area contributed by atoms with Crippen molar-refractivity contribution in [2.75, 3.05) is 6.61 Å². The van der Waals surface area contributed by atoms with E-state index in [4.69, 9.17) is 5.11 Å². The molecule has 6 nitrogen and oxygen atoms in total. The van der Waals surface area contributed by atoms with Crippen LogP contribution in [0.3, 0.4) is 0 Å². The molecule has 1 heterocycles. The molecule has 0 radical (unpaired) electrons. The Morgan fingerprint density at radius 1 is 0.938 bits per heavy atom. The van der Waals surface area contributed by atoms with Crippen LogP contribution in [-0.4, -0.2) is 37.0 Å². The zero-order valence-electron chi connectivity index (χ0n) is 17.8. The molecule has 4 aromatic rings. The maximum atomic E-state index is 10.0. The lowest BCUT2D eigenvalue weighted by atomic mass is 9.69. The van der Waals surface area contributed by atoms with E-state index in [2.05, 4.69) is 76.1 Å². The molecule has 6 heteroatoms. The number of fused-ring (bicyclic) bond motifs is 1. The average Bonchev–Trinajstić information content (AvgIpc) is 3.31. The Hall–Kier alpha value is -3.51. The van der Waals surface area contributed by atoms with Crippen LogP contribution in [-0.2, 0) is 13.0 Å². The molecule has 0 saturated heterocycles. The number of hydrogen-bond acceptors (Lipinski definition) is 5. The van der Waals surface area contributed by atoms with Crippen molar-refractivity contribution < 1.29 is 10.2 Å². The van der Waals surface area contributed by atoms with E-state index >= 15 is 0 Å². The van der Waals surface area contributed by atoms with Gasteiger partial charge in [0, 0.05) is 18.1 Å². The first-order valence-electron chi connectivity index (χ1n) is 11.1. The molecule has 1 aliphatic rings. The number of tetrazole rings is 1. The van der Waals surface area contributed by atoms with Crippen molar-refractivity contribution in [1.29, 1.82) is 0 Å². The number of rotatable bonds is 6. The molecule has 5 rings (SSSR count). The molecule has 0 saturated carbocycles. The van der Waals surface area contributed by atoms with Crippen LogP contribution in [0.1, 0.15) is 46.9 Å². The SMILES string of the molecule is OCCCn1nnc(-c2ccc([C@@H]3c4ccc(O)cc4CCC3c3ccccc3)cc2)n1. The molecular formula is C26H26N4O2. The van der Waals surface area contributed by atoms with Crippen LogP contribution < -0.4 is 0 Å². The summed E-state index contributed by atoms with van der Waals surface area (Å²) in [5, 5.41) is 31.7. The number of aliphatic hydroxyl groups is 1. The van der Waals surface area contributed by atoms with E-state index in [0.717, 1.165) is 18.4 Å². The maximum absolute atomic E-state index is 10.0. The van der Waals surface area contributed by atoms with E-state index in [1.807, 2.05) is 6.07 Å². The molecule has 0 fully saturated rings. The number of phenolic OH excluding ortho intramolecular Hbond substituents is 1. The highest BCUT2D eigenvalue weighted by Crippen LogP contribution is 2.47. The highest BCUT2D eigenvalue weighted by molar-refractivity contribution is 5.56. The Kier molecular flexibility index (Phi) is 5.69. The second-order valence-electron chi connectivity index (χ2n) is 8.32. The molecular weight excluding hydrogens is 400 g/mol. The lowest BCUT2D eigenvalue weighted by Gasteiger charge is -2.34. The van der Waals surface area contributed by atoms with E-state index in [-0.39, 0.29) is 12.5 Å². The molecule has 2 atom stereocenters. The lowest BCUT2D eigenvalue weighted by molar-refractivity contribution is 0.272. The summed E-state index contributed by atoms with van der Waals surface area (Å²) >= 11 is 0. The third-order valence-corrected chi connectivity index (χ3v) is 6.31. The first-order chi connectivity index (χ1) is 15.7. The highest BCUT2D eigenvalue weighted by Gasteiger charge is 2.32. The Morgan fingerprint density at radius 2 is 1.75 bits per heavy atom. The number of benzene rings is 3. The summed E-state index contributed by atoms with van der Waals surface area (Å²) in [6.07, 6.45) is 2.60. The summed E-state index contributed by atoms with van der Waals surface area (Å²) in [5.74, 6) is 1.50. The van der Waals surface area contributed by atoms with Gasteiger partial charge in [-0.1, -0.05) is 60.7 Å². The van der Waals surface area contributed by atoms with Gasteiger partial charge in [0.1, 0.15) is 5.75 Å². The minimum Gasteiger partial charge on any atom is -0.508 e. The van der Waals surface area contributed by atoms with Gasteiger partial charge in [-0.15, -0.1) is 10.2 Å². The summed E-state index contributed by atoms with van der Waals surface area (Å²) in [5.41, 5.74) is 6.00. The maximum Gasteiger partial charge on any atom is 0.204 e. The van der Waals surface area contributed by atoms with Crippen molar-refractivity contribution in [3.63, 3.8) is 0 Å². The topological polar surface area (TPSA) is 84.1 Å². The lowest BCUT2D eigenvalue weighted by Crippen LogP contribution is -2.20. The Labute approximate surface area is 187 Å². The van der Waals surface area contributed by atoms with Crippen molar-refractivity contribution in [2.45, 2.75) is 37.6 Å². The van der Waals surface area contributed by atoms with Crippen LogP contribution in [0.15, 0.2) is 72.8 Å². The first-order valence-corrected chi connectivity index (χ1v) is 11.1. The van der Waals surface area contributed by atoms with E-state index in [1.54, 1.807) is 6.07 Å². The van der Waals surface area contributed by atoms with Gasteiger partial charge in [0.2, 0.25) is 5.82 Å². The minimum absolute atomic E-state index is 0.106. The zero-order valence-corrected chi connectivity index (χ0v) is 17.8. The molecule has 162 valence electrons. The monoisotopic (exact) mass is 426 g/mol. The van der Waals surface area contributed by atoms with Gasteiger partial charge in [0.05, 0.1) is 6.54 Å². The van der Waals surface area contributed by atoms with Crippen LogP contribution in [0.2, 0.25) is 0 Å². The Balaban J connectivity index is 1.50. The molecule has 1 unspecified atom stereocenters. The van der Waals surface area contributed by atoms with Gasteiger partial charge >= 0.3 is 0 Å². The second kappa shape index (κ2) is 8.93. The largest absolute Gasteiger partial charge is 0.508 e. The van der Waals surface area contributed by atoms with Crippen molar-refractivity contribution in [1.82, 2.24) is 20.2 Å². The quantitative estimate of drug-likeness (QED) is 0.481. The van der Waals surface area contributed by atoms with Crippen molar-refractivity contribution in [3.05, 3.63) is 95.1 Å². The fraction of sp³-hybridized carbons (Fsp3) is 0.269. The molecule has 3 aromatic carbocycles. The predicted octanol–water partition coefficient (Wildman–Crippen LogP) is 4.29. The standard InChI is InChI=1S/C26H26N4O2/c31-16-4-15-30-28-26(27-29-30)20-9-7-19(8-10-20)25-23(18-5-2-1-3-6-18)13-11-21-17-22(32)12-14-24(21)25/h1-3,5-10,12,14,17,23,25,31-32H,4,11,13,15-16H2/t23?,25-/m0/s1. The molecule has 0 aliphatic heterocycles. The third kappa shape index (κ3) is 4.01. The summed E-state index contributed by atoms with van der Waals surface area (Å²) in [6.45, 7) is 0.654. The highest BCUT2D eigenvalue weighted by atomic mass is 16.3. The Morgan fingerprint density at radius 3 is 2.53 bits per heavy atom. The normalized spacial score (nSPS) is 17.8. The predicted molar refractivity (Wildman–Crippen MR) is 122 cm³/mol. The number of aromatic nitrogens is 4. The van der Waals surface area contributed by atoms with Crippen LogP contribution in [0, 0.1) is 0 Å². The van der Waals surface area contributed by atoms with Gasteiger partial charge in [0.15, 0.2) is 0 Å². The molecule has 2 N–H and O–H groups in total. The van der Waals surface area contributed by atoms with Gasteiger partial charge in [-0.2, -0.15) is 4.80 Å². The first kappa shape index (κ1) is 20.4. The number of aryl methyl sites for hydroxylation is 2. The van der Waals surface area contributed by atoms with Gasteiger partial charge < -0.3 is 10.2 Å². The van der Waals surface area contributed by atoms with Crippen LogP contribution >= 0.6 is 0 Å². The van der Waals surface area contributed by atoms with Crippen molar-refractivity contribution in [2.24, 2.45) is 0 Å². The van der Waals surface area contributed by atoms with Crippen LogP contribution in [0.5, 0.6) is 5.75 Å². The number of aromatic hydroxyl groups is 1. The fourth-order valence-electron chi connectivity index (χ4n) is 4.78. The second-order valence-corrected chi connectivity index (χ2v) is 8.32. The van der Waals surface area contributed by atoms with Gasteiger partial charge in [-0.3, -0.25) is 0 Å². The van der Waals surface area contributed by atoms with Gasteiger partial charge in [-0.05, 0) is 64.8 Å². The number of phenols is 1. The van der Waals surface area contributed by atoms with E-state index < -0.39 is 0 Å². The van der Waals surface area contributed by atoms with Crippen LogP contribution in [0.4, 0.5) is 0 Å². The molecule has 1 aromatic heterocycles. The molecule has 32 heavy (non-hydrogen) atoms. The third-order valence-electron chi connectivity index (χ3n) is 6.31. The average molecular weight is 427 g/mol. The summed E-state index contributed by atoms with van der Waals surface area (Å²) in [4.78, 5) is 1.52. The molecule has 0 spiro atoms. The van der Waals surface area contributed by atoms with E-state index in [9.17, 15) is 5.11 Å². The minimum atomic E-state index is 0.106.